The normalized spacial score (nSPS) is 13.3. The Morgan fingerprint density at radius 3 is 2.55 bits per heavy atom. The summed E-state index contributed by atoms with van der Waals surface area (Å²) in [6.07, 6.45) is 0. The van der Waals surface area contributed by atoms with Crippen LogP contribution in [0, 0.1) is 13.8 Å². The van der Waals surface area contributed by atoms with E-state index in [0.29, 0.717) is 17.7 Å². The number of anilines is 1. The van der Waals surface area contributed by atoms with Crippen LogP contribution in [0.25, 0.3) is 0 Å². The summed E-state index contributed by atoms with van der Waals surface area (Å²) in [5.41, 5.74) is 2.99. The highest BCUT2D eigenvalue weighted by Gasteiger charge is 2.26. The van der Waals surface area contributed by atoms with Crippen LogP contribution in [0.5, 0.6) is 0 Å². The highest BCUT2D eigenvalue weighted by atomic mass is 32.1. The predicted molar refractivity (Wildman–Crippen MR) is 79.4 cm³/mol. The van der Waals surface area contributed by atoms with Crippen molar-refractivity contribution in [2.75, 3.05) is 5.32 Å². The van der Waals surface area contributed by atoms with Gasteiger partial charge in [0.15, 0.2) is 0 Å². The predicted octanol–water partition coefficient (Wildman–Crippen LogP) is 2.86. The number of hydrogen-bond donors (Lipinski definition) is 2. The summed E-state index contributed by atoms with van der Waals surface area (Å²) < 4.78 is 0. The number of benzene rings is 1. The number of fused-ring (bicyclic) bond motifs is 1. The first-order chi connectivity index (χ1) is 9.54. The minimum absolute atomic E-state index is 0.319. The molecule has 0 saturated heterocycles. The number of hydrogen-bond acceptors (Lipinski definition) is 4. The van der Waals surface area contributed by atoms with Gasteiger partial charge in [-0.15, -0.1) is 11.3 Å². The quantitative estimate of drug-likeness (QED) is 0.853. The first-order valence-corrected chi connectivity index (χ1v) is 7.16. The van der Waals surface area contributed by atoms with Crippen molar-refractivity contribution in [3.8, 4) is 0 Å². The van der Waals surface area contributed by atoms with E-state index in [0.717, 1.165) is 5.69 Å². The van der Waals surface area contributed by atoms with Crippen LogP contribution < -0.4 is 10.6 Å². The lowest BCUT2D eigenvalue weighted by molar-refractivity contribution is 0.0879. The molecule has 1 aliphatic heterocycles. The molecule has 2 aromatic rings. The van der Waals surface area contributed by atoms with Crippen LogP contribution in [0.2, 0.25) is 0 Å². The van der Waals surface area contributed by atoms with Gasteiger partial charge in [-0.1, -0.05) is 0 Å². The molecule has 3 rings (SSSR count). The summed E-state index contributed by atoms with van der Waals surface area (Å²) in [6, 6.07) is 7.40. The van der Waals surface area contributed by atoms with Crippen LogP contribution in [0.3, 0.4) is 0 Å². The van der Waals surface area contributed by atoms with Gasteiger partial charge < -0.3 is 5.32 Å². The molecule has 20 heavy (non-hydrogen) atoms. The Hall–Kier alpha value is -2.14. The third kappa shape index (κ3) is 2.20. The number of carbonyl (C=O) groups is 2. The van der Waals surface area contributed by atoms with Gasteiger partial charge in [0.2, 0.25) is 0 Å². The molecule has 0 atom stereocenters. The second kappa shape index (κ2) is 4.76. The van der Waals surface area contributed by atoms with Crippen molar-refractivity contribution >= 4 is 28.8 Å². The average Bonchev–Trinajstić information content (AvgIpc) is 2.87. The van der Waals surface area contributed by atoms with Gasteiger partial charge in [0.1, 0.15) is 0 Å². The van der Waals surface area contributed by atoms with Gasteiger partial charge in [-0.25, -0.2) is 0 Å². The maximum atomic E-state index is 11.6. The molecule has 0 spiro atoms. The maximum Gasteiger partial charge on any atom is 0.259 e. The molecule has 1 aliphatic rings. The van der Waals surface area contributed by atoms with Crippen LogP contribution in [0.4, 0.5) is 5.69 Å². The van der Waals surface area contributed by atoms with Crippen molar-refractivity contribution in [3.63, 3.8) is 0 Å². The molecule has 0 aliphatic carbocycles. The van der Waals surface area contributed by atoms with Crippen molar-refractivity contribution in [3.05, 3.63) is 50.7 Å². The van der Waals surface area contributed by atoms with E-state index in [4.69, 9.17) is 0 Å². The lowest BCUT2D eigenvalue weighted by Gasteiger charge is -2.07. The Balaban J connectivity index is 1.79. The molecule has 2 N–H and O–H groups in total. The minimum atomic E-state index is -0.323. The monoisotopic (exact) mass is 286 g/mol. The molecule has 1 aromatic carbocycles. The molecule has 0 fully saturated rings. The summed E-state index contributed by atoms with van der Waals surface area (Å²) in [5, 5.41) is 5.59. The number of rotatable bonds is 3. The molecule has 0 bridgehead atoms. The highest BCUT2D eigenvalue weighted by molar-refractivity contribution is 7.12. The second-order valence-electron chi connectivity index (χ2n) is 4.84. The van der Waals surface area contributed by atoms with Gasteiger partial charge in [0.25, 0.3) is 11.8 Å². The Bertz CT molecular complexity index is 719. The molecule has 2 heterocycles. The van der Waals surface area contributed by atoms with E-state index in [-0.39, 0.29) is 11.8 Å². The number of thiophene rings is 1. The van der Waals surface area contributed by atoms with Crippen molar-refractivity contribution in [1.82, 2.24) is 5.32 Å². The van der Waals surface area contributed by atoms with E-state index in [9.17, 15) is 9.59 Å². The second-order valence-corrected chi connectivity index (χ2v) is 6.30. The molecule has 5 heteroatoms. The van der Waals surface area contributed by atoms with E-state index in [1.165, 1.54) is 15.3 Å². The lowest BCUT2D eigenvalue weighted by atomic mass is 10.1. The lowest BCUT2D eigenvalue weighted by Crippen LogP contribution is -2.19. The Morgan fingerprint density at radius 2 is 1.85 bits per heavy atom. The summed E-state index contributed by atoms with van der Waals surface area (Å²) >= 11 is 1.78. The summed E-state index contributed by atoms with van der Waals surface area (Å²) in [7, 11) is 0. The van der Waals surface area contributed by atoms with E-state index < -0.39 is 0 Å². The van der Waals surface area contributed by atoms with E-state index >= 15 is 0 Å². The molecule has 0 saturated carbocycles. The Kier molecular flexibility index (Phi) is 3.06. The van der Waals surface area contributed by atoms with Gasteiger partial charge in [-0.05, 0) is 43.7 Å². The smallest absolute Gasteiger partial charge is 0.259 e. The van der Waals surface area contributed by atoms with E-state index in [1.807, 2.05) is 6.07 Å². The zero-order valence-corrected chi connectivity index (χ0v) is 12.1. The molecular weight excluding hydrogens is 272 g/mol. The maximum absolute atomic E-state index is 11.6. The molecular formula is C15H14N2O2S. The minimum Gasteiger partial charge on any atom is -0.381 e. The van der Waals surface area contributed by atoms with Crippen molar-refractivity contribution in [2.24, 2.45) is 0 Å². The van der Waals surface area contributed by atoms with Gasteiger partial charge in [0.05, 0.1) is 11.1 Å². The van der Waals surface area contributed by atoms with Crippen molar-refractivity contribution < 1.29 is 9.59 Å². The van der Waals surface area contributed by atoms with Gasteiger partial charge in [-0.2, -0.15) is 0 Å². The van der Waals surface area contributed by atoms with Crippen molar-refractivity contribution in [1.29, 1.82) is 0 Å². The molecule has 1 aromatic heterocycles. The standard InChI is InChI=1S/C15H14N2O2S/c1-8-5-10(9(2)20-8)7-16-11-3-4-12-13(6-11)15(19)17-14(12)18/h3-6,16H,7H2,1-2H3,(H,17,18,19). The number of amides is 2. The van der Waals surface area contributed by atoms with Crippen LogP contribution in [0.1, 0.15) is 36.0 Å². The molecule has 2 amide bonds. The Morgan fingerprint density at radius 1 is 1.10 bits per heavy atom. The number of aryl methyl sites for hydroxylation is 2. The fourth-order valence-corrected chi connectivity index (χ4v) is 3.28. The first-order valence-electron chi connectivity index (χ1n) is 6.34. The summed E-state index contributed by atoms with van der Waals surface area (Å²) in [6.45, 7) is 4.90. The van der Waals surface area contributed by atoms with Gasteiger partial charge in [-0.3, -0.25) is 14.9 Å². The first kappa shape index (κ1) is 12.9. The zero-order chi connectivity index (χ0) is 14.3. The Labute approximate surface area is 120 Å². The van der Waals surface area contributed by atoms with Gasteiger partial charge in [0, 0.05) is 22.0 Å². The third-order valence-electron chi connectivity index (χ3n) is 3.36. The third-order valence-corrected chi connectivity index (χ3v) is 4.37. The van der Waals surface area contributed by atoms with Gasteiger partial charge >= 0.3 is 0 Å². The van der Waals surface area contributed by atoms with Crippen LogP contribution in [-0.4, -0.2) is 11.8 Å². The van der Waals surface area contributed by atoms with Crippen LogP contribution in [-0.2, 0) is 6.54 Å². The van der Waals surface area contributed by atoms with E-state index in [1.54, 1.807) is 23.5 Å². The summed E-state index contributed by atoms with van der Waals surface area (Å²) in [5.74, 6) is -0.642. The van der Waals surface area contributed by atoms with Crippen LogP contribution >= 0.6 is 11.3 Å². The number of nitrogens with one attached hydrogen (secondary N) is 2. The fourth-order valence-electron chi connectivity index (χ4n) is 2.33. The van der Waals surface area contributed by atoms with Crippen LogP contribution in [0.15, 0.2) is 24.3 Å². The van der Waals surface area contributed by atoms with Crippen molar-refractivity contribution in [2.45, 2.75) is 20.4 Å². The average molecular weight is 286 g/mol. The largest absolute Gasteiger partial charge is 0.381 e. The molecule has 0 radical (unpaired) electrons. The SMILES string of the molecule is Cc1cc(CNc2ccc3c(c2)C(=O)NC3=O)c(C)s1. The molecule has 0 unspecified atom stereocenters. The fraction of sp³-hybridized carbons (Fsp3) is 0.200. The zero-order valence-electron chi connectivity index (χ0n) is 11.2. The summed E-state index contributed by atoms with van der Waals surface area (Å²) in [4.78, 5) is 25.7. The highest BCUT2D eigenvalue weighted by Crippen LogP contribution is 2.23. The van der Waals surface area contributed by atoms with E-state index in [2.05, 4.69) is 30.5 Å². The number of carbonyl (C=O) groups excluding carboxylic acids is 2. The number of imide groups is 1. The molecule has 4 nitrogen and oxygen atoms in total. The topological polar surface area (TPSA) is 58.2 Å². The molecule has 102 valence electrons.